The summed E-state index contributed by atoms with van der Waals surface area (Å²) in [4.78, 5) is 5.58. The molecule has 0 N–H and O–H groups in total. The Morgan fingerprint density at radius 3 is 2.87 bits per heavy atom. The maximum Gasteiger partial charge on any atom is 0.103 e. The lowest BCUT2D eigenvalue weighted by atomic mass is 10.0. The molecule has 0 atom stereocenters. The lowest BCUT2D eigenvalue weighted by Gasteiger charge is -2.20. The number of nitrogens with zero attached hydrogens (tertiary/aromatic N) is 1. The molecule has 2 rings (SSSR count). The molecule has 1 aliphatic carbocycles. The van der Waals surface area contributed by atoms with Crippen LogP contribution in [0.25, 0.3) is 0 Å². The van der Waals surface area contributed by atoms with Crippen molar-refractivity contribution in [1.82, 2.24) is 4.98 Å². The number of hydrogen-bond acceptors (Lipinski definition) is 3. The van der Waals surface area contributed by atoms with E-state index >= 15 is 0 Å². The van der Waals surface area contributed by atoms with Gasteiger partial charge in [0.2, 0.25) is 0 Å². The summed E-state index contributed by atoms with van der Waals surface area (Å²) < 4.78 is 0. The zero-order chi connectivity index (χ0) is 10.5. The topological polar surface area (TPSA) is 12.9 Å². The molecule has 1 fully saturated rings. The summed E-state index contributed by atoms with van der Waals surface area (Å²) in [7, 11) is 0. The summed E-state index contributed by atoms with van der Waals surface area (Å²) in [6.07, 6.45) is 8.99. The molecule has 15 heavy (non-hydrogen) atoms. The highest BCUT2D eigenvalue weighted by Gasteiger charge is 2.14. The number of hydrogen-bond donors (Lipinski definition) is 0. The molecule has 1 heterocycles. The number of thiazole rings is 1. The lowest BCUT2D eigenvalue weighted by Crippen LogP contribution is -2.07. The van der Waals surface area contributed by atoms with Crippen molar-refractivity contribution in [1.29, 1.82) is 0 Å². The average Bonchev–Trinajstić information content (AvgIpc) is 2.76. The van der Waals surface area contributed by atoms with Gasteiger partial charge < -0.3 is 0 Å². The van der Waals surface area contributed by atoms with Crippen LogP contribution in [0.2, 0.25) is 0 Å². The fourth-order valence-corrected chi connectivity index (χ4v) is 4.26. The van der Waals surface area contributed by atoms with E-state index in [2.05, 4.69) is 16.7 Å². The Balaban J connectivity index is 1.76. The second-order valence-corrected chi connectivity index (χ2v) is 6.68. The lowest BCUT2D eigenvalue weighted by molar-refractivity contribution is 0.516. The zero-order valence-corrected chi connectivity index (χ0v) is 11.1. The van der Waals surface area contributed by atoms with Gasteiger partial charge in [-0.25, -0.2) is 4.98 Å². The van der Waals surface area contributed by atoms with Crippen molar-refractivity contribution in [2.45, 2.75) is 49.0 Å². The highest BCUT2D eigenvalue weighted by atomic mass is 35.5. The van der Waals surface area contributed by atoms with Gasteiger partial charge in [-0.15, -0.1) is 22.9 Å². The molecule has 84 valence electrons. The molecule has 0 unspecified atom stereocenters. The minimum absolute atomic E-state index is 0.603. The van der Waals surface area contributed by atoms with Gasteiger partial charge in [-0.05, 0) is 12.8 Å². The molecule has 1 aromatic rings. The SMILES string of the molecule is ClCc1cnc(CSC2CCCCC2)s1. The van der Waals surface area contributed by atoms with Gasteiger partial charge in [0.05, 0.1) is 5.88 Å². The average molecular weight is 262 g/mol. The van der Waals surface area contributed by atoms with Gasteiger partial charge in [0.25, 0.3) is 0 Å². The van der Waals surface area contributed by atoms with Crippen LogP contribution >= 0.6 is 34.7 Å². The van der Waals surface area contributed by atoms with Crippen molar-refractivity contribution in [2.24, 2.45) is 0 Å². The van der Waals surface area contributed by atoms with E-state index in [-0.39, 0.29) is 0 Å². The number of alkyl halides is 1. The van der Waals surface area contributed by atoms with Crippen LogP contribution in [-0.4, -0.2) is 10.2 Å². The molecular weight excluding hydrogens is 246 g/mol. The largest absolute Gasteiger partial charge is 0.248 e. The molecule has 4 heteroatoms. The highest BCUT2D eigenvalue weighted by Crippen LogP contribution is 2.31. The van der Waals surface area contributed by atoms with Crippen molar-refractivity contribution < 1.29 is 0 Å². The summed E-state index contributed by atoms with van der Waals surface area (Å²) in [6.45, 7) is 0. The normalized spacial score (nSPS) is 18.2. The molecule has 0 aliphatic heterocycles. The predicted octanol–water partition coefficient (Wildman–Crippen LogP) is 4.45. The van der Waals surface area contributed by atoms with E-state index in [1.165, 1.54) is 42.0 Å². The van der Waals surface area contributed by atoms with Crippen LogP contribution in [0.15, 0.2) is 6.20 Å². The van der Waals surface area contributed by atoms with Gasteiger partial charge >= 0.3 is 0 Å². The molecule has 1 aliphatic rings. The molecule has 1 aromatic heterocycles. The van der Waals surface area contributed by atoms with Crippen LogP contribution in [0.5, 0.6) is 0 Å². The molecule has 0 aromatic carbocycles. The number of thioether (sulfide) groups is 1. The maximum atomic E-state index is 5.75. The van der Waals surface area contributed by atoms with E-state index in [1.54, 1.807) is 11.3 Å². The molecule has 1 nitrogen and oxygen atoms in total. The molecule has 0 spiro atoms. The Labute approximate surface area is 105 Å². The van der Waals surface area contributed by atoms with E-state index < -0.39 is 0 Å². The van der Waals surface area contributed by atoms with Gasteiger partial charge in [0, 0.05) is 22.1 Å². The first-order valence-electron chi connectivity index (χ1n) is 5.49. The summed E-state index contributed by atoms with van der Waals surface area (Å²) >= 11 is 9.59. The second-order valence-electron chi connectivity index (χ2n) is 3.92. The van der Waals surface area contributed by atoms with Crippen LogP contribution in [0.3, 0.4) is 0 Å². The number of halogens is 1. The molecular formula is C11H16ClNS2. The Morgan fingerprint density at radius 1 is 1.40 bits per heavy atom. The van der Waals surface area contributed by atoms with E-state index in [4.69, 9.17) is 11.6 Å². The van der Waals surface area contributed by atoms with Gasteiger partial charge in [-0.1, -0.05) is 19.3 Å². The maximum absolute atomic E-state index is 5.75. The van der Waals surface area contributed by atoms with Crippen LogP contribution in [0.1, 0.15) is 42.0 Å². The number of aromatic nitrogens is 1. The third kappa shape index (κ3) is 3.65. The van der Waals surface area contributed by atoms with Crippen LogP contribution in [-0.2, 0) is 11.6 Å². The fourth-order valence-electron chi connectivity index (χ4n) is 1.90. The van der Waals surface area contributed by atoms with Crippen molar-refractivity contribution >= 4 is 34.7 Å². The molecule has 0 radical (unpaired) electrons. The Morgan fingerprint density at radius 2 is 2.20 bits per heavy atom. The Bertz CT molecular complexity index is 295. The first-order valence-corrected chi connectivity index (χ1v) is 7.89. The van der Waals surface area contributed by atoms with E-state index in [0.29, 0.717) is 5.88 Å². The molecule has 0 amide bonds. The number of rotatable bonds is 4. The van der Waals surface area contributed by atoms with Crippen LogP contribution in [0.4, 0.5) is 0 Å². The first-order chi connectivity index (χ1) is 7.38. The summed E-state index contributed by atoms with van der Waals surface area (Å²) in [5.74, 6) is 1.68. The van der Waals surface area contributed by atoms with Gasteiger partial charge in [0.15, 0.2) is 0 Å². The van der Waals surface area contributed by atoms with Crippen LogP contribution in [0, 0.1) is 0 Å². The Hall–Kier alpha value is 0.270. The summed E-state index contributed by atoms with van der Waals surface area (Å²) in [5, 5.41) is 2.11. The smallest absolute Gasteiger partial charge is 0.103 e. The zero-order valence-electron chi connectivity index (χ0n) is 8.75. The molecule has 0 bridgehead atoms. The Kier molecular flexibility index (Phi) is 4.79. The first kappa shape index (κ1) is 11.7. The van der Waals surface area contributed by atoms with Crippen molar-refractivity contribution in [2.75, 3.05) is 0 Å². The van der Waals surface area contributed by atoms with Crippen molar-refractivity contribution in [3.63, 3.8) is 0 Å². The molecule has 1 saturated carbocycles. The molecule has 0 saturated heterocycles. The summed E-state index contributed by atoms with van der Waals surface area (Å²) in [5.41, 5.74) is 0. The van der Waals surface area contributed by atoms with E-state index in [9.17, 15) is 0 Å². The minimum atomic E-state index is 0.603. The third-order valence-electron chi connectivity index (χ3n) is 2.73. The quantitative estimate of drug-likeness (QED) is 0.743. The van der Waals surface area contributed by atoms with Gasteiger partial charge in [-0.3, -0.25) is 0 Å². The summed E-state index contributed by atoms with van der Waals surface area (Å²) in [6, 6.07) is 0. The van der Waals surface area contributed by atoms with Gasteiger partial charge in [-0.2, -0.15) is 11.8 Å². The van der Waals surface area contributed by atoms with Crippen LogP contribution < -0.4 is 0 Å². The van der Waals surface area contributed by atoms with Gasteiger partial charge in [0.1, 0.15) is 5.01 Å². The second kappa shape index (κ2) is 6.12. The predicted molar refractivity (Wildman–Crippen MR) is 69.8 cm³/mol. The van der Waals surface area contributed by atoms with Crippen molar-refractivity contribution in [3.05, 3.63) is 16.1 Å². The minimum Gasteiger partial charge on any atom is -0.248 e. The standard InChI is InChI=1S/C11H16ClNS2/c12-6-10-7-13-11(15-10)8-14-9-4-2-1-3-5-9/h7,9H,1-6,8H2. The highest BCUT2D eigenvalue weighted by molar-refractivity contribution is 7.99. The third-order valence-corrected chi connectivity index (χ3v) is 5.74. The van der Waals surface area contributed by atoms with E-state index in [0.717, 1.165) is 11.0 Å². The van der Waals surface area contributed by atoms with Crippen molar-refractivity contribution in [3.8, 4) is 0 Å². The van der Waals surface area contributed by atoms with E-state index in [1.807, 2.05) is 6.20 Å². The monoisotopic (exact) mass is 261 g/mol. The fraction of sp³-hybridized carbons (Fsp3) is 0.727.